The Bertz CT molecular complexity index is 357. The Labute approximate surface area is 94.7 Å². The maximum absolute atomic E-state index is 11.8. The summed E-state index contributed by atoms with van der Waals surface area (Å²) in [5, 5.41) is 3.35. The van der Waals surface area contributed by atoms with E-state index < -0.39 is 0 Å². The number of amides is 1. The minimum atomic E-state index is -0.0596. The van der Waals surface area contributed by atoms with Gasteiger partial charge in [0.05, 0.1) is 0 Å². The van der Waals surface area contributed by atoms with Crippen LogP contribution in [0.5, 0.6) is 0 Å². The van der Waals surface area contributed by atoms with Gasteiger partial charge in [-0.05, 0) is 43.6 Å². The lowest BCUT2D eigenvalue weighted by atomic mass is 9.85. The van der Waals surface area contributed by atoms with Crippen LogP contribution in [0.25, 0.3) is 10.4 Å². The first-order valence-electron chi connectivity index (χ1n) is 5.84. The van der Waals surface area contributed by atoms with Crippen molar-refractivity contribution < 1.29 is 4.79 Å². The predicted octanol–water partition coefficient (Wildman–Crippen LogP) is 2.60. The Kier molecular flexibility index (Phi) is 3.47. The van der Waals surface area contributed by atoms with Gasteiger partial charge in [-0.2, -0.15) is 0 Å². The highest BCUT2D eigenvalue weighted by molar-refractivity contribution is 5.80. The molecule has 1 saturated heterocycles. The van der Waals surface area contributed by atoms with Crippen molar-refractivity contribution in [3.8, 4) is 0 Å². The molecule has 1 unspecified atom stereocenters. The fourth-order valence-corrected chi connectivity index (χ4v) is 2.62. The monoisotopic (exact) mass is 220 g/mol. The molecule has 0 saturated carbocycles. The summed E-state index contributed by atoms with van der Waals surface area (Å²) in [6.07, 6.45) is 7.92. The molecular weight excluding hydrogens is 204 g/mol. The van der Waals surface area contributed by atoms with Gasteiger partial charge in [-0.3, -0.25) is 4.79 Å². The molecule has 1 heterocycles. The molecule has 5 nitrogen and oxygen atoms in total. The van der Waals surface area contributed by atoms with Gasteiger partial charge < -0.3 is 4.90 Å². The van der Waals surface area contributed by atoms with Crippen molar-refractivity contribution in [3.63, 3.8) is 0 Å². The molecule has 1 amide bonds. The highest BCUT2D eigenvalue weighted by Crippen LogP contribution is 2.34. The van der Waals surface area contributed by atoms with Crippen molar-refractivity contribution in [2.24, 2.45) is 11.0 Å². The Morgan fingerprint density at radius 2 is 2.38 bits per heavy atom. The molecule has 0 radical (unpaired) electrons. The zero-order chi connectivity index (χ0) is 11.4. The smallest absolute Gasteiger partial charge is 0.232 e. The van der Waals surface area contributed by atoms with Gasteiger partial charge in [0, 0.05) is 17.2 Å². The number of fused-ring (bicyclic) bond motifs is 1. The van der Waals surface area contributed by atoms with Crippen LogP contribution in [0.1, 0.15) is 32.1 Å². The molecule has 1 aliphatic carbocycles. The summed E-state index contributed by atoms with van der Waals surface area (Å²) in [6, 6.07) is 0. The minimum Gasteiger partial charge on any atom is -0.316 e. The molecule has 16 heavy (non-hydrogen) atoms. The molecule has 2 aliphatic rings. The quantitative estimate of drug-likeness (QED) is 0.400. The average Bonchev–Trinajstić information content (AvgIpc) is 2.35. The molecule has 0 aromatic carbocycles. The SMILES string of the molecule is [N-]=[N+]=NCC(=O)N1CCCC2CCCC=C21. The fraction of sp³-hybridized carbons (Fsp3) is 0.727. The number of nitrogens with zero attached hydrogens (tertiary/aromatic N) is 4. The van der Waals surface area contributed by atoms with Crippen molar-refractivity contribution in [1.82, 2.24) is 4.90 Å². The molecule has 2 rings (SSSR count). The Balaban J connectivity index is 2.10. The summed E-state index contributed by atoms with van der Waals surface area (Å²) in [5.74, 6) is 0.494. The first kappa shape index (κ1) is 11.0. The van der Waals surface area contributed by atoms with Gasteiger partial charge >= 0.3 is 0 Å². The van der Waals surface area contributed by atoms with Crippen LogP contribution in [0.4, 0.5) is 0 Å². The highest BCUT2D eigenvalue weighted by Gasteiger charge is 2.29. The normalized spacial score (nSPS) is 24.1. The van der Waals surface area contributed by atoms with Gasteiger partial charge in [0.2, 0.25) is 5.91 Å². The first-order valence-corrected chi connectivity index (χ1v) is 5.84. The van der Waals surface area contributed by atoms with E-state index in [-0.39, 0.29) is 12.5 Å². The number of hydrogen-bond acceptors (Lipinski definition) is 2. The number of piperidine rings is 1. The van der Waals surface area contributed by atoms with Crippen LogP contribution in [-0.4, -0.2) is 23.9 Å². The van der Waals surface area contributed by atoms with Gasteiger partial charge in [0.1, 0.15) is 6.54 Å². The average molecular weight is 220 g/mol. The van der Waals surface area contributed by atoms with Crippen LogP contribution in [0.15, 0.2) is 16.9 Å². The number of hydrogen-bond donors (Lipinski definition) is 0. The summed E-state index contributed by atoms with van der Waals surface area (Å²) in [5.41, 5.74) is 9.40. The highest BCUT2D eigenvalue weighted by atomic mass is 16.2. The summed E-state index contributed by atoms with van der Waals surface area (Å²) in [4.78, 5) is 16.3. The standard InChI is InChI=1S/C11H16N4O/c12-14-13-8-11(16)15-7-3-5-9-4-1-2-6-10(9)15/h6,9H,1-5,7-8H2. The van der Waals surface area contributed by atoms with Crippen LogP contribution in [0, 0.1) is 5.92 Å². The van der Waals surface area contributed by atoms with E-state index in [1.54, 1.807) is 0 Å². The van der Waals surface area contributed by atoms with Crippen molar-refractivity contribution >= 4 is 5.91 Å². The third-order valence-electron chi connectivity index (χ3n) is 3.34. The first-order chi connectivity index (χ1) is 7.83. The molecule has 0 aromatic heterocycles. The Morgan fingerprint density at radius 1 is 1.56 bits per heavy atom. The van der Waals surface area contributed by atoms with Gasteiger partial charge in [-0.25, -0.2) is 0 Å². The van der Waals surface area contributed by atoms with Crippen molar-refractivity contribution in [3.05, 3.63) is 22.2 Å². The number of likely N-dealkylation sites (tertiary alicyclic amines) is 1. The molecule has 1 atom stereocenters. The zero-order valence-electron chi connectivity index (χ0n) is 9.30. The number of carbonyl (C=O) groups excluding carboxylic acids is 1. The lowest BCUT2D eigenvalue weighted by molar-refractivity contribution is -0.129. The molecule has 86 valence electrons. The molecule has 0 aromatic rings. The molecule has 0 bridgehead atoms. The van der Waals surface area contributed by atoms with E-state index in [0.29, 0.717) is 5.92 Å². The summed E-state index contributed by atoms with van der Waals surface area (Å²) in [6.45, 7) is 0.725. The van der Waals surface area contributed by atoms with Crippen LogP contribution < -0.4 is 0 Å². The third-order valence-corrected chi connectivity index (χ3v) is 3.34. The molecular formula is C11H16N4O. The van der Waals surface area contributed by atoms with Crippen molar-refractivity contribution in [1.29, 1.82) is 0 Å². The lowest BCUT2D eigenvalue weighted by Gasteiger charge is -2.37. The molecule has 0 spiro atoms. The largest absolute Gasteiger partial charge is 0.316 e. The van der Waals surface area contributed by atoms with E-state index in [1.165, 1.54) is 25.0 Å². The van der Waals surface area contributed by atoms with E-state index >= 15 is 0 Å². The fourth-order valence-electron chi connectivity index (χ4n) is 2.62. The minimum absolute atomic E-state index is 0.0550. The Hall–Kier alpha value is -1.48. The van der Waals surface area contributed by atoms with E-state index in [1.807, 2.05) is 4.90 Å². The summed E-state index contributed by atoms with van der Waals surface area (Å²) < 4.78 is 0. The van der Waals surface area contributed by atoms with Gasteiger partial charge in [0.15, 0.2) is 0 Å². The second-order valence-corrected chi connectivity index (χ2v) is 4.33. The number of azide groups is 1. The molecule has 1 fully saturated rings. The van der Waals surface area contributed by atoms with E-state index in [0.717, 1.165) is 19.4 Å². The van der Waals surface area contributed by atoms with Gasteiger partial charge in [-0.1, -0.05) is 11.2 Å². The lowest BCUT2D eigenvalue weighted by Crippen LogP contribution is -2.40. The maximum atomic E-state index is 11.8. The van der Waals surface area contributed by atoms with Crippen LogP contribution in [0.2, 0.25) is 0 Å². The topological polar surface area (TPSA) is 69.1 Å². The van der Waals surface area contributed by atoms with E-state index in [9.17, 15) is 4.79 Å². The van der Waals surface area contributed by atoms with Crippen LogP contribution in [-0.2, 0) is 4.79 Å². The number of carbonyl (C=O) groups is 1. The molecule has 0 N–H and O–H groups in total. The summed E-state index contributed by atoms with van der Waals surface area (Å²) >= 11 is 0. The van der Waals surface area contributed by atoms with Crippen LogP contribution in [0.3, 0.4) is 0 Å². The predicted molar refractivity (Wildman–Crippen MR) is 60.4 cm³/mol. The number of rotatable bonds is 2. The van der Waals surface area contributed by atoms with E-state index in [4.69, 9.17) is 5.53 Å². The van der Waals surface area contributed by atoms with Crippen molar-refractivity contribution in [2.75, 3.05) is 13.1 Å². The molecule has 5 heteroatoms. The van der Waals surface area contributed by atoms with Gasteiger partial charge in [-0.15, -0.1) is 0 Å². The Morgan fingerprint density at radius 3 is 3.19 bits per heavy atom. The number of allylic oxidation sites excluding steroid dienone is 2. The van der Waals surface area contributed by atoms with Crippen LogP contribution >= 0.6 is 0 Å². The van der Waals surface area contributed by atoms with E-state index in [2.05, 4.69) is 16.1 Å². The second kappa shape index (κ2) is 5.03. The molecule has 1 aliphatic heterocycles. The maximum Gasteiger partial charge on any atom is 0.232 e. The zero-order valence-corrected chi connectivity index (χ0v) is 9.30. The second-order valence-electron chi connectivity index (χ2n) is 4.33. The van der Waals surface area contributed by atoms with Crippen molar-refractivity contribution in [2.45, 2.75) is 32.1 Å². The summed E-state index contributed by atoms with van der Waals surface area (Å²) in [7, 11) is 0. The van der Waals surface area contributed by atoms with Gasteiger partial charge in [0.25, 0.3) is 0 Å². The third kappa shape index (κ3) is 2.19.